The Morgan fingerprint density at radius 1 is 1.70 bits per heavy atom. The van der Waals surface area contributed by atoms with E-state index in [-0.39, 0.29) is 11.9 Å². The van der Waals surface area contributed by atoms with Crippen LogP contribution in [0.2, 0.25) is 0 Å². The predicted molar refractivity (Wildman–Crippen MR) is 73.4 cm³/mol. The Morgan fingerprint density at radius 3 is 3.15 bits per heavy atom. The van der Waals surface area contributed by atoms with Crippen LogP contribution < -0.4 is 11.1 Å². The zero-order valence-electron chi connectivity index (χ0n) is 11.4. The number of rotatable bonds is 5. The average Bonchev–Trinajstić information content (AvgIpc) is 2.78. The van der Waals surface area contributed by atoms with Crippen molar-refractivity contribution in [3.63, 3.8) is 0 Å². The van der Waals surface area contributed by atoms with Gasteiger partial charge in [-0.2, -0.15) is 0 Å². The zero-order valence-corrected chi connectivity index (χ0v) is 11.4. The summed E-state index contributed by atoms with van der Waals surface area (Å²) in [7, 11) is 0. The monoisotopic (exact) mass is 280 g/mol. The van der Waals surface area contributed by atoms with Crippen LogP contribution in [0.4, 0.5) is 0 Å². The van der Waals surface area contributed by atoms with E-state index in [0.29, 0.717) is 31.8 Å². The number of aromatic nitrogens is 1. The van der Waals surface area contributed by atoms with Crippen molar-refractivity contribution in [2.75, 3.05) is 13.2 Å². The Balaban J connectivity index is 1.98. The first-order valence-electron chi connectivity index (χ1n) is 6.53. The molecule has 0 spiro atoms. The fourth-order valence-corrected chi connectivity index (χ4v) is 2.28. The van der Waals surface area contributed by atoms with Gasteiger partial charge in [-0.1, -0.05) is 11.2 Å². The molecule has 2 unspecified atom stereocenters. The van der Waals surface area contributed by atoms with Gasteiger partial charge in [0.05, 0.1) is 6.10 Å². The molecular weight excluding hydrogens is 260 g/mol. The van der Waals surface area contributed by atoms with Crippen LogP contribution in [-0.4, -0.2) is 46.0 Å². The van der Waals surface area contributed by atoms with E-state index in [1.807, 2.05) is 13.0 Å². The van der Waals surface area contributed by atoms with Gasteiger partial charge in [0.25, 0.3) is 0 Å². The summed E-state index contributed by atoms with van der Waals surface area (Å²) in [5, 5.41) is 25.2. The molecular formula is C13H20N4O3. The van der Waals surface area contributed by atoms with E-state index in [1.165, 1.54) is 0 Å². The Hall–Kier alpha value is -1.70. The molecule has 0 aromatic carbocycles. The van der Waals surface area contributed by atoms with Crippen molar-refractivity contribution in [1.82, 2.24) is 10.3 Å². The van der Waals surface area contributed by atoms with E-state index in [0.717, 1.165) is 5.56 Å². The maximum absolute atomic E-state index is 10.4. The molecule has 7 heteroatoms. The highest BCUT2D eigenvalue weighted by Gasteiger charge is 2.38. The predicted octanol–water partition coefficient (Wildman–Crippen LogP) is -0.194. The van der Waals surface area contributed by atoms with Gasteiger partial charge in [0.2, 0.25) is 0 Å². The normalized spacial score (nSPS) is 26.9. The quantitative estimate of drug-likeness (QED) is 0.257. The molecule has 1 saturated heterocycles. The Morgan fingerprint density at radius 2 is 2.50 bits per heavy atom. The lowest BCUT2D eigenvalue weighted by molar-refractivity contribution is -0.0263. The second-order valence-corrected chi connectivity index (χ2v) is 4.97. The molecule has 7 nitrogen and oxygen atoms in total. The fourth-order valence-electron chi connectivity index (χ4n) is 2.28. The third-order valence-corrected chi connectivity index (χ3v) is 3.65. The number of nitrogens with zero attached hydrogens (tertiary/aromatic N) is 2. The van der Waals surface area contributed by atoms with Gasteiger partial charge < -0.3 is 26.1 Å². The second kappa shape index (κ2) is 6.17. The van der Waals surface area contributed by atoms with Crippen molar-refractivity contribution in [3.8, 4) is 0 Å². The Bertz CT molecular complexity index is 494. The summed E-state index contributed by atoms with van der Waals surface area (Å²) in [5.74, 6) is -0.0290. The smallest absolute Gasteiger partial charge is 0.189 e. The number of pyridine rings is 1. The van der Waals surface area contributed by atoms with Crippen LogP contribution in [0.15, 0.2) is 23.5 Å². The Labute approximate surface area is 117 Å². The van der Waals surface area contributed by atoms with Crippen LogP contribution in [-0.2, 0) is 11.3 Å². The topological polar surface area (TPSA) is 113 Å². The number of amidine groups is 1. The van der Waals surface area contributed by atoms with Crippen LogP contribution in [0.5, 0.6) is 0 Å². The van der Waals surface area contributed by atoms with Crippen molar-refractivity contribution >= 4 is 5.84 Å². The van der Waals surface area contributed by atoms with Crippen molar-refractivity contribution < 1.29 is 15.1 Å². The number of ether oxygens (including phenoxy) is 1. The first kappa shape index (κ1) is 14.7. The maximum Gasteiger partial charge on any atom is 0.189 e. The highest BCUT2D eigenvalue weighted by atomic mass is 16.5. The minimum Gasteiger partial charge on any atom is -0.409 e. The molecule has 2 atom stereocenters. The van der Waals surface area contributed by atoms with Crippen molar-refractivity contribution in [2.24, 2.45) is 10.9 Å². The highest BCUT2D eigenvalue weighted by Crippen LogP contribution is 2.24. The summed E-state index contributed by atoms with van der Waals surface area (Å²) in [4.78, 5) is 4.09. The molecule has 20 heavy (non-hydrogen) atoms. The van der Waals surface area contributed by atoms with Crippen molar-refractivity contribution in [3.05, 3.63) is 29.6 Å². The van der Waals surface area contributed by atoms with Crippen LogP contribution in [0.1, 0.15) is 24.6 Å². The molecule has 110 valence electrons. The molecule has 2 heterocycles. The number of hydrogen-bond donors (Lipinski definition) is 4. The number of nitrogens with two attached hydrogens (primary N) is 1. The first-order chi connectivity index (χ1) is 9.57. The van der Waals surface area contributed by atoms with E-state index in [9.17, 15) is 5.11 Å². The SMILES string of the molecule is CC1OCCC1(O)CNCc1cccnc1/C(N)=N/O. The molecule has 1 aliphatic heterocycles. The zero-order chi connectivity index (χ0) is 14.6. The minimum atomic E-state index is -0.848. The highest BCUT2D eigenvalue weighted by molar-refractivity contribution is 5.96. The number of nitrogens with one attached hydrogen (secondary N) is 1. The van der Waals surface area contributed by atoms with Gasteiger partial charge in [0, 0.05) is 32.3 Å². The third kappa shape index (κ3) is 3.06. The molecule has 0 saturated carbocycles. The molecule has 0 amide bonds. The lowest BCUT2D eigenvalue weighted by Crippen LogP contribution is -2.45. The molecule has 5 N–H and O–H groups in total. The number of hydrogen-bond acceptors (Lipinski definition) is 6. The summed E-state index contributed by atoms with van der Waals surface area (Å²) in [6.07, 6.45) is 2.01. The molecule has 1 aliphatic rings. The first-order valence-corrected chi connectivity index (χ1v) is 6.53. The second-order valence-electron chi connectivity index (χ2n) is 4.97. The van der Waals surface area contributed by atoms with Gasteiger partial charge in [-0.15, -0.1) is 0 Å². The molecule has 1 aromatic rings. The van der Waals surface area contributed by atoms with Gasteiger partial charge >= 0.3 is 0 Å². The number of aliphatic hydroxyl groups is 1. The maximum atomic E-state index is 10.4. The summed E-state index contributed by atoms with van der Waals surface area (Å²) in [5.41, 5.74) is 5.97. The van der Waals surface area contributed by atoms with Crippen LogP contribution in [0.25, 0.3) is 0 Å². The van der Waals surface area contributed by atoms with E-state index >= 15 is 0 Å². The molecule has 0 bridgehead atoms. The van der Waals surface area contributed by atoms with Gasteiger partial charge in [0.1, 0.15) is 11.3 Å². The number of oxime groups is 1. The molecule has 0 aliphatic carbocycles. The molecule has 2 rings (SSSR count). The van der Waals surface area contributed by atoms with E-state index < -0.39 is 5.60 Å². The van der Waals surface area contributed by atoms with Crippen LogP contribution in [0.3, 0.4) is 0 Å². The molecule has 0 radical (unpaired) electrons. The summed E-state index contributed by atoms with van der Waals surface area (Å²) >= 11 is 0. The average molecular weight is 280 g/mol. The van der Waals surface area contributed by atoms with Gasteiger partial charge in [-0.3, -0.25) is 4.98 Å². The van der Waals surface area contributed by atoms with Crippen LogP contribution in [0, 0.1) is 0 Å². The van der Waals surface area contributed by atoms with Crippen molar-refractivity contribution in [1.29, 1.82) is 0 Å². The largest absolute Gasteiger partial charge is 0.409 e. The lowest BCUT2D eigenvalue weighted by Gasteiger charge is -2.26. The third-order valence-electron chi connectivity index (χ3n) is 3.65. The van der Waals surface area contributed by atoms with Crippen molar-refractivity contribution in [2.45, 2.75) is 31.6 Å². The van der Waals surface area contributed by atoms with Gasteiger partial charge in [-0.25, -0.2) is 0 Å². The van der Waals surface area contributed by atoms with E-state index in [2.05, 4.69) is 15.5 Å². The van der Waals surface area contributed by atoms with Gasteiger partial charge in [-0.05, 0) is 18.6 Å². The van der Waals surface area contributed by atoms with E-state index in [4.69, 9.17) is 15.7 Å². The summed E-state index contributed by atoms with van der Waals surface area (Å²) in [6, 6.07) is 3.62. The van der Waals surface area contributed by atoms with Gasteiger partial charge in [0.15, 0.2) is 5.84 Å². The van der Waals surface area contributed by atoms with E-state index in [1.54, 1.807) is 12.3 Å². The summed E-state index contributed by atoms with van der Waals surface area (Å²) < 4.78 is 5.38. The summed E-state index contributed by atoms with van der Waals surface area (Å²) in [6.45, 7) is 3.31. The lowest BCUT2D eigenvalue weighted by atomic mass is 9.96. The minimum absolute atomic E-state index is 0.0290. The van der Waals surface area contributed by atoms with Crippen LogP contribution >= 0.6 is 0 Å². The Kier molecular flexibility index (Phi) is 4.53. The fraction of sp³-hybridized carbons (Fsp3) is 0.538. The molecule has 1 fully saturated rings. The standard InChI is InChI=1S/C13H20N4O3/c1-9-13(18,4-6-20-9)8-15-7-10-3-2-5-16-11(10)12(14)17-19/h2-3,5,9,15,18-19H,4,6-8H2,1H3,(H2,14,17). The molecule has 1 aromatic heterocycles.